The quantitative estimate of drug-likeness (QED) is 0.675. The molecule has 0 unspecified atom stereocenters. The van der Waals surface area contributed by atoms with Gasteiger partial charge in [-0.15, -0.1) is 0 Å². The number of aromatic nitrogens is 2. The highest BCUT2D eigenvalue weighted by Crippen LogP contribution is 2.31. The average Bonchev–Trinajstić information content (AvgIpc) is 3.09. The molecule has 0 radical (unpaired) electrons. The molecule has 0 atom stereocenters. The van der Waals surface area contributed by atoms with Crippen molar-refractivity contribution in [2.24, 2.45) is 0 Å². The number of nitrogens with zero attached hydrogens (tertiary/aromatic N) is 3. The van der Waals surface area contributed by atoms with Crippen LogP contribution in [0.3, 0.4) is 0 Å². The maximum atomic E-state index is 14.5. The zero-order valence-electron chi connectivity index (χ0n) is 17.2. The van der Waals surface area contributed by atoms with Crippen LogP contribution in [0, 0.1) is 5.82 Å². The van der Waals surface area contributed by atoms with Crippen LogP contribution in [0.5, 0.6) is 0 Å². The molecule has 1 amide bonds. The Labute approximate surface area is 181 Å². The van der Waals surface area contributed by atoms with E-state index in [9.17, 15) is 22.8 Å². The molecule has 1 aromatic heterocycles. The highest BCUT2D eigenvalue weighted by Gasteiger charge is 2.45. The molecule has 2 fully saturated rings. The molecule has 2 saturated heterocycles. The van der Waals surface area contributed by atoms with Crippen molar-refractivity contribution in [2.75, 3.05) is 26.2 Å². The van der Waals surface area contributed by atoms with Crippen LogP contribution >= 0.6 is 0 Å². The van der Waals surface area contributed by atoms with E-state index in [0.29, 0.717) is 48.1 Å². The third kappa shape index (κ3) is 3.77. The summed E-state index contributed by atoms with van der Waals surface area (Å²) in [5.41, 5.74) is 0.948. The molecule has 1 N–H and O–H groups in total. The summed E-state index contributed by atoms with van der Waals surface area (Å²) in [7, 11) is 0. The Morgan fingerprint density at radius 3 is 2.62 bits per heavy atom. The minimum absolute atomic E-state index is 0.0542. The van der Waals surface area contributed by atoms with Crippen LogP contribution in [0.15, 0.2) is 47.3 Å². The minimum atomic E-state index is -2.68. The topological polar surface area (TPSA) is 69.3 Å². The van der Waals surface area contributed by atoms with E-state index in [4.69, 9.17) is 0 Å². The van der Waals surface area contributed by atoms with Gasteiger partial charge in [-0.3, -0.25) is 14.5 Å². The summed E-state index contributed by atoms with van der Waals surface area (Å²) in [6.45, 7) is 0.642. The molecule has 6 nitrogen and oxygen atoms in total. The predicted octanol–water partition coefficient (Wildman–Crippen LogP) is 2.82. The number of hydrogen-bond donors (Lipinski definition) is 1. The van der Waals surface area contributed by atoms with Crippen molar-refractivity contribution < 1.29 is 18.0 Å². The minimum Gasteiger partial charge on any atom is -0.335 e. The van der Waals surface area contributed by atoms with Gasteiger partial charge in [-0.05, 0) is 23.8 Å². The van der Waals surface area contributed by atoms with Crippen LogP contribution in [0.1, 0.15) is 28.0 Å². The number of carbonyl (C=O) groups is 1. The molecule has 2 aliphatic heterocycles. The lowest BCUT2D eigenvalue weighted by atomic mass is 10.0. The number of H-pyrrole nitrogens is 1. The normalized spacial score (nSPS) is 18.8. The van der Waals surface area contributed by atoms with Gasteiger partial charge in [0.2, 0.25) is 0 Å². The molecule has 2 aromatic carbocycles. The number of rotatable bonds is 4. The molecular formula is C23H21F3N4O2. The molecule has 9 heteroatoms. The van der Waals surface area contributed by atoms with E-state index in [0.717, 1.165) is 0 Å². The summed E-state index contributed by atoms with van der Waals surface area (Å²) < 4.78 is 41.3. The number of aromatic amines is 1. The number of benzene rings is 2. The van der Waals surface area contributed by atoms with E-state index in [1.54, 1.807) is 29.2 Å². The Kier molecular flexibility index (Phi) is 5.00. The summed E-state index contributed by atoms with van der Waals surface area (Å²) in [6.07, 6.45) is 0.144. The summed E-state index contributed by atoms with van der Waals surface area (Å²) in [4.78, 5) is 28.0. The zero-order valence-corrected chi connectivity index (χ0v) is 17.2. The molecule has 166 valence electrons. The summed E-state index contributed by atoms with van der Waals surface area (Å²) in [5, 5.41) is 7.81. The Balaban J connectivity index is 1.32. The van der Waals surface area contributed by atoms with Crippen molar-refractivity contribution in [1.29, 1.82) is 0 Å². The number of likely N-dealkylation sites (tertiary alicyclic amines) is 2. The fourth-order valence-corrected chi connectivity index (χ4v) is 4.44. The maximum absolute atomic E-state index is 14.5. The fourth-order valence-electron chi connectivity index (χ4n) is 4.44. The van der Waals surface area contributed by atoms with Gasteiger partial charge in [0.25, 0.3) is 17.4 Å². The Morgan fingerprint density at radius 1 is 1.16 bits per heavy atom. The van der Waals surface area contributed by atoms with E-state index < -0.39 is 17.6 Å². The molecule has 0 saturated carbocycles. The van der Waals surface area contributed by atoms with Crippen molar-refractivity contribution in [3.8, 4) is 0 Å². The van der Waals surface area contributed by atoms with Crippen molar-refractivity contribution in [2.45, 2.75) is 24.8 Å². The van der Waals surface area contributed by atoms with Gasteiger partial charge in [-0.2, -0.15) is 5.10 Å². The number of halogens is 3. The van der Waals surface area contributed by atoms with E-state index in [-0.39, 0.29) is 30.1 Å². The van der Waals surface area contributed by atoms with Crippen LogP contribution in [-0.4, -0.2) is 64.0 Å². The van der Waals surface area contributed by atoms with Gasteiger partial charge in [0.1, 0.15) is 5.82 Å². The molecular weight excluding hydrogens is 421 g/mol. The van der Waals surface area contributed by atoms with Gasteiger partial charge in [-0.1, -0.05) is 24.3 Å². The summed E-state index contributed by atoms with van der Waals surface area (Å²) >= 11 is 0. The molecule has 0 aliphatic carbocycles. The largest absolute Gasteiger partial charge is 0.335 e. The highest BCUT2D eigenvalue weighted by atomic mass is 19.3. The van der Waals surface area contributed by atoms with Gasteiger partial charge in [0, 0.05) is 43.9 Å². The lowest BCUT2D eigenvalue weighted by molar-refractivity contribution is -0.00880. The second-order valence-electron chi connectivity index (χ2n) is 8.48. The SMILES string of the molecule is O=C(c1cc(Cc2n[nH]c(=O)c3ccccc23)ccc1F)N1CC(N2CCC(F)(F)C2)C1. The number of amides is 1. The van der Waals surface area contributed by atoms with Crippen molar-refractivity contribution in [3.63, 3.8) is 0 Å². The Hall–Kier alpha value is -3.20. The van der Waals surface area contributed by atoms with Crippen molar-refractivity contribution in [3.05, 3.63) is 75.5 Å². The standard InChI is InChI=1S/C23H21F3N4O2/c24-19-6-5-14(10-20-16-3-1-2-4-17(16)21(31)28-27-20)9-18(19)22(32)30-11-15(12-30)29-8-7-23(25,26)13-29/h1-6,9,15H,7-8,10-13H2,(H,28,31). The van der Waals surface area contributed by atoms with E-state index in [2.05, 4.69) is 10.2 Å². The predicted molar refractivity (Wildman–Crippen MR) is 112 cm³/mol. The number of nitrogens with one attached hydrogen (secondary N) is 1. The first-order valence-corrected chi connectivity index (χ1v) is 10.5. The van der Waals surface area contributed by atoms with Gasteiger partial charge in [0.05, 0.1) is 23.2 Å². The third-order valence-corrected chi connectivity index (χ3v) is 6.27. The first-order chi connectivity index (χ1) is 15.3. The molecule has 0 spiro atoms. The lowest BCUT2D eigenvalue weighted by Gasteiger charge is -2.44. The second-order valence-corrected chi connectivity index (χ2v) is 8.48. The first kappa shape index (κ1) is 20.7. The number of hydrogen-bond acceptors (Lipinski definition) is 4. The molecule has 2 aliphatic rings. The van der Waals surface area contributed by atoms with E-state index >= 15 is 0 Å². The van der Waals surface area contributed by atoms with Crippen molar-refractivity contribution in [1.82, 2.24) is 20.0 Å². The summed E-state index contributed by atoms with van der Waals surface area (Å²) in [6, 6.07) is 11.3. The number of carbonyl (C=O) groups excluding carboxylic acids is 1. The summed E-state index contributed by atoms with van der Waals surface area (Å²) in [5.74, 6) is -3.76. The van der Waals surface area contributed by atoms with E-state index in [1.807, 2.05) is 6.07 Å². The van der Waals surface area contributed by atoms with Crippen LogP contribution in [0.4, 0.5) is 13.2 Å². The Morgan fingerprint density at radius 2 is 1.91 bits per heavy atom. The van der Waals surface area contributed by atoms with Crippen LogP contribution < -0.4 is 5.56 Å². The Bertz CT molecular complexity index is 1250. The average molecular weight is 442 g/mol. The smallest absolute Gasteiger partial charge is 0.272 e. The van der Waals surface area contributed by atoms with E-state index in [1.165, 1.54) is 17.0 Å². The van der Waals surface area contributed by atoms with Gasteiger partial charge in [0.15, 0.2) is 0 Å². The third-order valence-electron chi connectivity index (χ3n) is 6.27. The molecule has 0 bridgehead atoms. The second kappa shape index (κ2) is 7.74. The molecule has 5 rings (SSSR count). The highest BCUT2D eigenvalue weighted by molar-refractivity contribution is 5.95. The number of alkyl halides is 2. The monoisotopic (exact) mass is 442 g/mol. The van der Waals surface area contributed by atoms with Gasteiger partial charge >= 0.3 is 0 Å². The van der Waals surface area contributed by atoms with Crippen LogP contribution in [0.2, 0.25) is 0 Å². The zero-order chi connectivity index (χ0) is 22.5. The van der Waals surface area contributed by atoms with Crippen LogP contribution in [0.25, 0.3) is 10.8 Å². The van der Waals surface area contributed by atoms with Crippen LogP contribution in [-0.2, 0) is 6.42 Å². The fraction of sp³-hybridized carbons (Fsp3) is 0.348. The van der Waals surface area contributed by atoms with Gasteiger partial charge in [-0.25, -0.2) is 18.3 Å². The van der Waals surface area contributed by atoms with Gasteiger partial charge < -0.3 is 4.90 Å². The molecule has 3 heterocycles. The molecule has 32 heavy (non-hydrogen) atoms. The number of fused-ring (bicyclic) bond motifs is 1. The first-order valence-electron chi connectivity index (χ1n) is 10.5. The molecule has 3 aromatic rings. The maximum Gasteiger partial charge on any atom is 0.272 e. The van der Waals surface area contributed by atoms with Crippen molar-refractivity contribution >= 4 is 16.7 Å². The lowest BCUT2D eigenvalue weighted by Crippen LogP contribution is -2.60.